The van der Waals surface area contributed by atoms with Crippen LogP contribution in [-0.2, 0) is 14.8 Å². The summed E-state index contributed by atoms with van der Waals surface area (Å²) in [6, 6.07) is 4.33. The molecule has 0 atom stereocenters. The van der Waals surface area contributed by atoms with Crippen molar-refractivity contribution < 1.29 is 18.0 Å². The highest BCUT2D eigenvalue weighted by atomic mass is 32.2. The Morgan fingerprint density at radius 2 is 1.89 bits per heavy atom. The third-order valence-electron chi connectivity index (χ3n) is 4.29. The lowest BCUT2D eigenvalue weighted by atomic mass is 10.2. The number of urea groups is 1. The van der Waals surface area contributed by atoms with Crippen molar-refractivity contribution in [3.8, 4) is 0 Å². The molecule has 0 radical (unpaired) electrons. The van der Waals surface area contributed by atoms with E-state index < -0.39 is 16.1 Å². The molecule has 1 aromatic carbocycles. The minimum atomic E-state index is -3.61. The van der Waals surface area contributed by atoms with Crippen LogP contribution in [0, 0.1) is 0 Å². The summed E-state index contributed by atoms with van der Waals surface area (Å²) >= 11 is 0. The summed E-state index contributed by atoms with van der Waals surface area (Å²) in [5.41, 5.74) is 1.19. The van der Waals surface area contributed by atoms with Crippen LogP contribution in [0.15, 0.2) is 23.1 Å². The lowest BCUT2D eigenvalue weighted by Crippen LogP contribution is -2.38. The standard InChI is InChI=1S/C17H27N5O4S/c1-4-18-14-8-7-13(27(25,26)21(5-2)6-3)11-15(14)20-12-16(23)22-10-9-19-17(22)24/h7-8,11,18,20H,4-6,9-10,12H2,1-3H3,(H,19,24). The van der Waals surface area contributed by atoms with Gasteiger partial charge in [-0.05, 0) is 25.1 Å². The zero-order valence-electron chi connectivity index (χ0n) is 15.9. The van der Waals surface area contributed by atoms with Crippen molar-refractivity contribution >= 4 is 33.3 Å². The van der Waals surface area contributed by atoms with Gasteiger partial charge in [-0.25, -0.2) is 13.2 Å². The SMILES string of the molecule is CCNc1ccc(S(=O)(=O)N(CC)CC)cc1NCC(=O)N1CCNC1=O. The molecule has 0 aromatic heterocycles. The van der Waals surface area contributed by atoms with Crippen LogP contribution in [0.4, 0.5) is 16.2 Å². The minimum Gasteiger partial charge on any atom is -0.384 e. The van der Waals surface area contributed by atoms with Crippen LogP contribution in [0.25, 0.3) is 0 Å². The van der Waals surface area contributed by atoms with Crippen molar-refractivity contribution in [1.29, 1.82) is 0 Å². The average molecular weight is 398 g/mol. The maximum absolute atomic E-state index is 12.8. The molecule has 1 aliphatic heterocycles. The first-order valence-electron chi connectivity index (χ1n) is 9.05. The van der Waals surface area contributed by atoms with Gasteiger partial charge < -0.3 is 16.0 Å². The van der Waals surface area contributed by atoms with Crippen molar-refractivity contribution in [3.63, 3.8) is 0 Å². The fourth-order valence-corrected chi connectivity index (χ4v) is 4.35. The summed E-state index contributed by atoms with van der Waals surface area (Å²) in [5.74, 6) is -0.371. The Balaban J connectivity index is 2.25. The second kappa shape index (κ2) is 9.05. The highest BCUT2D eigenvalue weighted by molar-refractivity contribution is 7.89. The number of carbonyl (C=O) groups excluding carboxylic acids is 2. The predicted molar refractivity (Wildman–Crippen MR) is 104 cm³/mol. The van der Waals surface area contributed by atoms with Crippen molar-refractivity contribution in [3.05, 3.63) is 18.2 Å². The number of nitrogens with one attached hydrogen (secondary N) is 3. The Morgan fingerprint density at radius 1 is 1.19 bits per heavy atom. The molecule has 0 saturated carbocycles. The Bertz CT molecular complexity index is 793. The van der Waals surface area contributed by atoms with Crippen LogP contribution < -0.4 is 16.0 Å². The highest BCUT2D eigenvalue weighted by Crippen LogP contribution is 2.27. The number of imide groups is 1. The number of carbonyl (C=O) groups is 2. The molecule has 1 saturated heterocycles. The van der Waals surface area contributed by atoms with Gasteiger partial charge >= 0.3 is 6.03 Å². The fourth-order valence-electron chi connectivity index (χ4n) is 2.86. The number of anilines is 2. The van der Waals surface area contributed by atoms with Crippen LogP contribution in [0.1, 0.15) is 20.8 Å². The van der Waals surface area contributed by atoms with Gasteiger partial charge in [-0.15, -0.1) is 0 Å². The van der Waals surface area contributed by atoms with Crippen molar-refractivity contribution in [1.82, 2.24) is 14.5 Å². The summed E-state index contributed by atoms with van der Waals surface area (Å²) in [7, 11) is -3.61. The van der Waals surface area contributed by atoms with Gasteiger partial charge in [0.2, 0.25) is 15.9 Å². The average Bonchev–Trinajstić information content (AvgIpc) is 3.07. The number of hydrogen-bond acceptors (Lipinski definition) is 6. The zero-order chi connectivity index (χ0) is 20.0. The number of nitrogens with zero attached hydrogens (tertiary/aromatic N) is 2. The second-order valence-electron chi connectivity index (χ2n) is 5.96. The molecule has 0 bridgehead atoms. The molecule has 0 spiro atoms. The first-order chi connectivity index (χ1) is 12.8. The number of benzene rings is 1. The van der Waals surface area contributed by atoms with Gasteiger partial charge in [-0.3, -0.25) is 9.69 Å². The topological polar surface area (TPSA) is 111 Å². The van der Waals surface area contributed by atoms with Crippen LogP contribution in [-0.4, -0.2) is 68.8 Å². The van der Waals surface area contributed by atoms with E-state index in [9.17, 15) is 18.0 Å². The predicted octanol–water partition coefficient (Wildman–Crippen LogP) is 1.11. The molecule has 1 heterocycles. The van der Waals surface area contributed by atoms with Crippen LogP contribution in [0.3, 0.4) is 0 Å². The molecular formula is C17H27N5O4S. The molecule has 150 valence electrons. The van der Waals surface area contributed by atoms with Gasteiger partial charge in [0.15, 0.2) is 0 Å². The molecule has 0 aliphatic carbocycles. The normalized spacial score (nSPS) is 14.4. The number of hydrogen-bond donors (Lipinski definition) is 3. The van der Waals surface area contributed by atoms with E-state index >= 15 is 0 Å². The van der Waals surface area contributed by atoms with E-state index in [1.165, 1.54) is 10.4 Å². The van der Waals surface area contributed by atoms with Gasteiger partial charge in [0.05, 0.1) is 22.8 Å². The Kier molecular flexibility index (Phi) is 7.03. The number of amides is 3. The van der Waals surface area contributed by atoms with Crippen LogP contribution in [0.5, 0.6) is 0 Å². The lowest BCUT2D eigenvalue weighted by Gasteiger charge is -2.20. The molecule has 10 heteroatoms. The highest BCUT2D eigenvalue weighted by Gasteiger charge is 2.26. The summed E-state index contributed by atoms with van der Waals surface area (Å²) in [6.07, 6.45) is 0. The lowest BCUT2D eigenvalue weighted by molar-refractivity contribution is -0.125. The molecule has 0 unspecified atom stereocenters. The van der Waals surface area contributed by atoms with E-state index in [0.29, 0.717) is 44.1 Å². The van der Waals surface area contributed by atoms with Crippen LogP contribution >= 0.6 is 0 Å². The molecule has 1 fully saturated rings. The van der Waals surface area contributed by atoms with Gasteiger partial charge in [0.25, 0.3) is 0 Å². The molecule has 1 aliphatic rings. The minimum absolute atomic E-state index is 0.111. The number of sulfonamides is 1. The van der Waals surface area contributed by atoms with E-state index in [4.69, 9.17) is 0 Å². The van der Waals surface area contributed by atoms with E-state index in [1.54, 1.807) is 26.0 Å². The molecule has 3 N–H and O–H groups in total. The van der Waals surface area contributed by atoms with E-state index in [0.717, 1.165) is 4.90 Å². The molecular weight excluding hydrogens is 370 g/mol. The number of rotatable bonds is 9. The first kappa shape index (κ1) is 21.0. The molecule has 3 amide bonds. The van der Waals surface area contributed by atoms with Crippen molar-refractivity contribution in [2.24, 2.45) is 0 Å². The van der Waals surface area contributed by atoms with Gasteiger partial charge in [0, 0.05) is 32.7 Å². The van der Waals surface area contributed by atoms with E-state index in [2.05, 4.69) is 16.0 Å². The third kappa shape index (κ3) is 4.69. The van der Waals surface area contributed by atoms with Crippen molar-refractivity contribution in [2.45, 2.75) is 25.7 Å². The van der Waals surface area contributed by atoms with Gasteiger partial charge in [0.1, 0.15) is 0 Å². The largest absolute Gasteiger partial charge is 0.384 e. The Morgan fingerprint density at radius 3 is 2.44 bits per heavy atom. The monoisotopic (exact) mass is 397 g/mol. The summed E-state index contributed by atoms with van der Waals surface area (Å²) < 4.78 is 26.9. The van der Waals surface area contributed by atoms with E-state index in [1.807, 2.05) is 6.92 Å². The van der Waals surface area contributed by atoms with Crippen LogP contribution in [0.2, 0.25) is 0 Å². The smallest absolute Gasteiger partial charge is 0.324 e. The van der Waals surface area contributed by atoms with Gasteiger partial charge in [-0.1, -0.05) is 13.8 Å². The fraction of sp³-hybridized carbons (Fsp3) is 0.529. The third-order valence-corrected chi connectivity index (χ3v) is 6.34. The molecule has 2 rings (SSSR count). The summed E-state index contributed by atoms with van der Waals surface area (Å²) in [4.78, 5) is 25.1. The zero-order valence-corrected chi connectivity index (χ0v) is 16.7. The van der Waals surface area contributed by atoms with Gasteiger partial charge in [-0.2, -0.15) is 4.31 Å². The maximum Gasteiger partial charge on any atom is 0.324 e. The second-order valence-corrected chi connectivity index (χ2v) is 7.90. The first-order valence-corrected chi connectivity index (χ1v) is 10.5. The summed E-state index contributed by atoms with van der Waals surface area (Å²) in [5, 5.41) is 8.68. The van der Waals surface area contributed by atoms with Crippen molar-refractivity contribution in [2.75, 3.05) is 49.9 Å². The summed E-state index contributed by atoms with van der Waals surface area (Å²) in [6.45, 7) is 7.53. The molecule has 1 aromatic rings. The molecule has 9 nitrogen and oxygen atoms in total. The van der Waals surface area contributed by atoms with E-state index in [-0.39, 0.29) is 17.3 Å². The quantitative estimate of drug-likeness (QED) is 0.576. The maximum atomic E-state index is 12.8. The Labute approximate surface area is 160 Å². The molecule has 27 heavy (non-hydrogen) atoms. The Hall–Kier alpha value is -2.33.